The molecule has 3 aromatic rings. The molecule has 0 aliphatic heterocycles. The molecule has 2 N–H and O–H groups in total. The second-order valence-corrected chi connectivity index (χ2v) is 12.8. The number of unbranched alkanes of at least 4 members (excludes halogenated alkanes) is 1. The summed E-state index contributed by atoms with van der Waals surface area (Å²) in [7, 11) is 0. The molecule has 1 fully saturated rings. The maximum Gasteiger partial charge on any atom is 0.389 e. The third kappa shape index (κ3) is 12.0. The molecule has 0 atom stereocenters. The van der Waals surface area contributed by atoms with Gasteiger partial charge in [-0.15, -0.1) is 0 Å². The van der Waals surface area contributed by atoms with Crippen LogP contribution in [0.15, 0.2) is 85.0 Å². The number of esters is 2. The van der Waals surface area contributed by atoms with Crippen LogP contribution >= 0.6 is 0 Å². The third-order valence-electron chi connectivity index (χ3n) is 9.10. The zero-order chi connectivity index (χ0) is 37.0. The molecular weight excluding hydrogens is 665 g/mol. The van der Waals surface area contributed by atoms with E-state index in [1.54, 1.807) is 12.1 Å². The SMILES string of the molecule is C=C(CO)C(=O)OCOc1cc(OCOC(=O)C(=C)CO)cc(-c2ccc(-c3ccc(C4CCC(CCCCC(F)(F)F)CC4)c(C)c3)cc2)c1. The van der Waals surface area contributed by atoms with Crippen molar-refractivity contribution in [3.63, 3.8) is 0 Å². The first kappa shape index (κ1) is 39.2. The summed E-state index contributed by atoms with van der Waals surface area (Å²) in [5, 5.41) is 18.2. The Morgan fingerprint density at radius 3 is 1.73 bits per heavy atom. The van der Waals surface area contributed by atoms with Gasteiger partial charge in [-0.3, -0.25) is 0 Å². The van der Waals surface area contributed by atoms with E-state index in [2.05, 4.69) is 38.3 Å². The number of carbonyl (C=O) groups excluding carboxylic acids is 2. The van der Waals surface area contributed by atoms with E-state index in [4.69, 9.17) is 29.2 Å². The lowest BCUT2D eigenvalue weighted by Gasteiger charge is -2.30. The Hall–Kier alpha value is -4.61. The van der Waals surface area contributed by atoms with Crippen molar-refractivity contribution in [2.45, 2.75) is 70.4 Å². The van der Waals surface area contributed by atoms with E-state index in [0.717, 1.165) is 48.8 Å². The predicted molar refractivity (Wildman–Crippen MR) is 187 cm³/mol. The number of rotatable bonds is 17. The highest BCUT2D eigenvalue weighted by molar-refractivity contribution is 5.88. The van der Waals surface area contributed by atoms with E-state index in [1.165, 1.54) is 17.2 Å². The third-order valence-corrected chi connectivity index (χ3v) is 9.10. The van der Waals surface area contributed by atoms with Crippen LogP contribution in [0.2, 0.25) is 0 Å². The van der Waals surface area contributed by atoms with Crippen LogP contribution in [0.25, 0.3) is 22.3 Å². The monoisotopic (exact) mass is 710 g/mol. The van der Waals surface area contributed by atoms with Gasteiger partial charge in [0, 0.05) is 12.5 Å². The van der Waals surface area contributed by atoms with Crippen LogP contribution in [0.4, 0.5) is 13.2 Å². The molecule has 0 unspecified atom stereocenters. The summed E-state index contributed by atoms with van der Waals surface area (Å²) in [6.07, 6.45) is 1.16. The zero-order valence-corrected chi connectivity index (χ0v) is 28.8. The summed E-state index contributed by atoms with van der Waals surface area (Å²) in [5.74, 6) is -0.0591. The highest BCUT2D eigenvalue weighted by Crippen LogP contribution is 2.40. The molecule has 1 aliphatic rings. The van der Waals surface area contributed by atoms with Crippen LogP contribution in [0.1, 0.15) is 68.4 Å². The second-order valence-electron chi connectivity index (χ2n) is 12.8. The van der Waals surface area contributed by atoms with E-state index in [0.29, 0.717) is 35.3 Å². The topological polar surface area (TPSA) is 112 Å². The van der Waals surface area contributed by atoms with Gasteiger partial charge in [0.25, 0.3) is 0 Å². The van der Waals surface area contributed by atoms with Crippen molar-refractivity contribution in [2.24, 2.45) is 5.92 Å². The van der Waals surface area contributed by atoms with Crippen LogP contribution in [0, 0.1) is 12.8 Å². The lowest BCUT2D eigenvalue weighted by Crippen LogP contribution is -2.14. The van der Waals surface area contributed by atoms with Crippen LogP contribution in [-0.4, -0.2) is 55.1 Å². The molecule has 274 valence electrons. The number of alkyl halides is 3. The number of benzene rings is 3. The molecule has 0 bridgehead atoms. The first-order chi connectivity index (χ1) is 24.4. The van der Waals surface area contributed by atoms with Crippen molar-refractivity contribution in [3.05, 3.63) is 96.1 Å². The molecule has 1 saturated carbocycles. The Bertz CT molecular complexity index is 1600. The number of halogens is 3. The molecule has 0 radical (unpaired) electrons. The Morgan fingerprint density at radius 2 is 1.24 bits per heavy atom. The lowest BCUT2D eigenvalue weighted by molar-refractivity contribution is -0.146. The summed E-state index contributed by atoms with van der Waals surface area (Å²) in [6, 6.07) is 19.4. The van der Waals surface area contributed by atoms with Crippen LogP contribution in [-0.2, 0) is 19.1 Å². The van der Waals surface area contributed by atoms with Gasteiger partial charge in [0.15, 0.2) is 0 Å². The minimum Gasteiger partial charge on any atom is -0.457 e. The number of carbonyl (C=O) groups is 2. The molecule has 0 saturated heterocycles. The van der Waals surface area contributed by atoms with Crippen molar-refractivity contribution in [1.82, 2.24) is 0 Å². The van der Waals surface area contributed by atoms with Crippen LogP contribution < -0.4 is 9.47 Å². The molecule has 1 aliphatic carbocycles. The molecule has 3 aromatic carbocycles. The number of hydrogen-bond donors (Lipinski definition) is 2. The average Bonchev–Trinajstić information content (AvgIpc) is 3.12. The first-order valence-electron chi connectivity index (χ1n) is 17.0. The molecule has 51 heavy (non-hydrogen) atoms. The van der Waals surface area contributed by atoms with E-state index in [9.17, 15) is 22.8 Å². The Kier molecular flexibility index (Phi) is 14.3. The van der Waals surface area contributed by atoms with E-state index < -0.39 is 51.3 Å². The number of aliphatic hydroxyl groups excluding tert-OH is 2. The number of ether oxygens (including phenoxy) is 4. The maximum atomic E-state index is 12.5. The summed E-state index contributed by atoms with van der Waals surface area (Å²) >= 11 is 0. The smallest absolute Gasteiger partial charge is 0.389 e. The van der Waals surface area contributed by atoms with Crippen molar-refractivity contribution in [2.75, 3.05) is 26.8 Å². The molecule has 0 amide bonds. The number of aliphatic hydroxyl groups is 2. The first-order valence-corrected chi connectivity index (χ1v) is 17.0. The van der Waals surface area contributed by atoms with Gasteiger partial charge >= 0.3 is 18.1 Å². The minimum atomic E-state index is -4.07. The molecular formula is C40H45F3O8. The Morgan fingerprint density at radius 1 is 0.725 bits per heavy atom. The summed E-state index contributed by atoms with van der Waals surface area (Å²) in [4.78, 5) is 23.7. The highest BCUT2D eigenvalue weighted by Gasteiger charge is 2.27. The quantitative estimate of drug-likeness (QED) is 0.0621. The largest absolute Gasteiger partial charge is 0.457 e. The van der Waals surface area contributed by atoms with Gasteiger partial charge in [-0.1, -0.05) is 68.5 Å². The molecule has 0 heterocycles. The maximum absolute atomic E-state index is 12.5. The van der Waals surface area contributed by atoms with E-state index >= 15 is 0 Å². The number of hydrogen-bond acceptors (Lipinski definition) is 8. The molecule has 0 aromatic heterocycles. The van der Waals surface area contributed by atoms with E-state index in [-0.39, 0.29) is 17.6 Å². The van der Waals surface area contributed by atoms with E-state index in [1.807, 2.05) is 24.3 Å². The van der Waals surface area contributed by atoms with Crippen molar-refractivity contribution >= 4 is 11.9 Å². The molecule has 8 nitrogen and oxygen atoms in total. The fourth-order valence-corrected chi connectivity index (χ4v) is 6.23. The van der Waals surface area contributed by atoms with Crippen molar-refractivity contribution in [1.29, 1.82) is 0 Å². The van der Waals surface area contributed by atoms with Gasteiger partial charge in [-0.25, -0.2) is 9.59 Å². The van der Waals surface area contributed by atoms with Crippen LogP contribution in [0.5, 0.6) is 11.5 Å². The fourth-order valence-electron chi connectivity index (χ4n) is 6.23. The summed E-state index contributed by atoms with van der Waals surface area (Å²) in [5.41, 5.74) is 5.92. The zero-order valence-electron chi connectivity index (χ0n) is 28.8. The van der Waals surface area contributed by atoms with Gasteiger partial charge in [0.1, 0.15) is 11.5 Å². The fraction of sp³-hybridized carbons (Fsp3) is 0.400. The predicted octanol–water partition coefficient (Wildman–Crippen LogP) is 8.58. The average molecular weight is 711 g/mol. The normalized spacial score (nSPS) is 15.9. The molecule has 0 spiro atoms. The minimum absolute atomic E-state index is 0.117. The molecule has 11 heteroatoms. The van der Waals surface area contributed by atoms with Gasteiger partial charge < -0.3 is 29.2 Å². The standard InChI is InChI=1S/C40H45F3O8/c1-26-18-33(15-16-37(26)32-9-7-29(8-10-32)6-4-5-17-40(41,42)43)30-11-13-31(14-12-30)34-19-35(48-24-50-38(46)27(2)22-44)21-36(20-34)49-25-51-39(47)28(3)23-45/h11-16,18-21,29,32,44-45H,2-10,17,22-25H2,1H3. The Labute approximate surface area is 296 Å². The van der Waals surface area contributed by atoms with Gasteiger partial charge in [-0.2, -0.15) is 13.2 Å². The van der Waals surface area contributed by atoms with Gasteiger partial charge in [-0.05, 0) is 96.4 Å². The van der Waals surface area contributed by atoms with Crippen molar-refractivity contribution < 1.29 is 51.9 Å². The lowest BCUT2D eigenvalue weighted by atomic mass is 9.76. The highest BCUT2D eigenvalue weighted by atomic mass is 19.4. The second kappa shape index (κ2) is 18.6. The molecule has 4 rings (SSSR count). The van der Waals surface area contributed by atoms with Gasteiger partial charge in [0.2, 0.25) is 13.6 Å². The van der Waals surface area contributed by atoms with Crippen molar-refractivity contribution in [3.8, 4) is 33.8 Å². The Balaban J connectivity index is 1.42. The van der Waals surface area contributed by atoms with Crippen LogP contribution in [0.3, 0.4) is 0 Å². The summed E-state index contributed by atoms with van der Waals surface area (Å²) in [6.45, 7) is 6.97. The van der Waals surface area contributed by atoms with Gasteiger partial charge in [0.05, 0.1) is 24.4 Å². The number of aryl methyl sites for hydroxylation is 1. The summed E-state index contributed by atoms with van der Waals surface area (Å²) < 4.78 is 58.6.